The van der Waals surface area contributed by atoms with Gasteiger partial charge in [0.25, 0.3) is 0 Å². The minimum absolute atomic E-state index is 1.18. The van der Waals surface area contributed by atoms with Gasteiger partial charge in [-0.15, -0.1) is 0 Å². The van der Waals surface area contributed by atoms with Crippen molar-refractivity contribution in [2.45, 2.75) is 13.8 Å². The number of nitrogens with two attached hydrogens (primary N) is 1. The lowest BCUT2D eigenvalue weighted by Crippen LogP contribution is -1.75. The van der Waals surface area contributed by atoms with Crippen molar-refractivity contribution in [2.75, 3.05) is 0 Å². The van der Waals surface area contributed by atoms with Gasteiger partial charge in [-0.1, -0.05) is 5.57 Å². The number of rotatable bonds is 2. The van der Waals surface area contributed by atoms with Crippen LogP contribution in [-0.2, 0) is 0 Å². The molecule has 0 aliphatic rings. The summed E-state index contributed by atoms with van der Waals surface area (Å²) >= 11 is 0. The van der Waals surface area contributed by atoms with Gasteiger partial charge in [-0.05, 0) is 26.1 Å². The maximum absolute atomic E-state index is 5.05. The molecule has 0 aromatic heterocycles. The van der Waals surface area contributed by atoms with Gasteiger partial charge in [0.05, 0.1) is 0 Å². The summed E-state index contributed by atoms with van der Waals surface area (Å²) in [4.78, 5) is 3.91. The first-order valence-corrected chi connectivity index (χ1v) is 2.81. The number of aliphatic imine (C=N–C) groups is 1. The highest BCUT2D eigenvalue weighted by Crippen LogP contribution is 1.86. The van der Waals surface area contributed by atoms with Crippen LogP contribution in [0.5, 0.6) is 0 Å². The van der Waals surface area contributed by atoms with Gasteiger partial charge in [0.1, 0.15) is 0 Å². The maximum atomic E-state index is 5.05. The molecule has 9 heavy (non-hydrogen) atoms. The van der Waals surface area contributed by atoms with Crippen molar-refractivity contribution in [3.8, 4) is 0 Å². The largest absolute Gasteiger partial charge is 0.405 e. The van der Waals surface area contributed by atoms with E-state index in [9.17, 15) is 0 Å². The van der Waals surface area contributed by atoms with Gasteiger partial charge in [0, 0.05) is 12.4 Å². The quantitative estimate of drug-likeness (QED) is 0.556. The van der Waals surface area contributed by atoms with Gasteiger partial charge in [0.15, 0.2) is 0 Å². The van der Waals surface area contributed by atoms with E-state index in [-0.39, 0.29) is 0 Å². The highest BCUT2D eigenvalue weighted by atomic mass is 14.7. The zero-order chi connectivity index (χ0) is 7.11. The highest BCUT2D eigenvalue weighted by Gasteiger charge is 1.67. The van der Waals surface area contributed by atoms with E-state index in [1.807, 2.05) is 13.8 Å². The Hall–Kier alpha value is -1.05. The molecule has 0 aliphatic carbocycles. The summed E-state index contributed by atoms with van der Waals surface area (Å²) in [5, 5.41) is 0. The Morgan fingerprint density at radius 3 is 2.56 bits per heavy atom. The molecule has 0 unspecified atom stereocenters. The third-order valence-corrected chi connectivity index (χ3v) is 0.616. The molecule has 0 atom stereocenters. The van der Waals surface area contributed by atoms with Crippen molar-refractivity contribution < 1.29 is 0 Å². The smallest absolute Gasteiger partial charge is 0.0282 e. The Morgan fingerprint density at radius 1 is 1.44 bits per heavy atom. The van der Waals surface area contributed by atoms with Crippen molar-refractivity contribution in [1.29, 1.82) is 0 Å². The molecule has 2 nitrogen and oxygen atoms in total. The van der Waals surface area contributed by atoms with Crippen molar-refractivity contribution >= 4 is 6.21 Å². The molecule has 0 bridgehead atoms. The summed E-state index contributed by atoms with van der Waals surface area (Å²) in [5.74, 6) is 0. The van der Waals surface area contributed by atoms with Gasteiger partial charge < -0.3 is 5.73 Å². The predicted molar refractivity (Wildman–Crippen MR) is 41.3 cm³/mol. The van der Waals surface area contributed by atoms with E-state index in [1.54, 1.807) is 18.5 Å². The normalized spacial score (nSPS) is 10.9. The van der Waals surface area contributed by atoms with Crippen LogP contribution in [0.1, 0.15) is 13.8 Å². The molecular formula is C7H12N2. The van der Waals surface area contributed by atoms with Crippen molar-refractivity contribution in [3.63, 3.8) is 0 Å². The highest BCUT2D eigenvalue weighted by molar-refractivity contribution is 5.71. The average Bonchev–Trinajstić information content (AvgIpc) is 1.80. The fraction of sp³-hybridized carbons (Fsp3) is 0.286. The third-order valence-electron chi connectivity index (χ3n) is 0.616. The topological polar surface area (TPSA) is 38.4 Å². The Labute approximate surface area is 55.8 Å². The summed E-state index contributed by atoms with van der Waals surface area (Å²) in [7, 11) is 0. The second kappa shape index (κ2) is 5.09. The molecule has 0 aromatic carbocycles. The molecule has 0 rings (SSSR count). The van der Waals surface area contributed by atoms with Crippen LogP contribution in [0.25, 0.3) is 0 Å². The maximum Gasteiger partial charge on any atom is 0.0282 e. The standard InChI is InChI=1S/C7H12N2/c1-7(2)6-9-5-3-4-8/h3-6H,8H2,1-2H3/b4-3-,9-5-. The van der Waals surface area contributed by atoms with E-state index in [0.717, 1.165) is 0 Å². The molecule has 0 aliphatic heterocycles. The minimum Gasteiger partial charge on any atom is -0.405 e. The van der Waals surface area contributed by atoms with Crippen molar-refractivity contribution in [1.82, 2.24) is 0 Å². The summed E-state index contributed by atoms with van der Waals surface area (Å²) in [6.07, 6.45) is 6.55. The molecule has 50 valence electrons. The Morgan fingerprint density at radius 2 is 2.11 bits per heavy atom. The summed E-state index contributed by atoms with van der Waals surface area (Å²) < 4.78 is 0. The van der Waals surface area contributed by atoms with E-state index in [4.69, 9.17) is 5.73 Å². The molecule has 0 fully saturated rings. The minimum atomic E-state index is 1.18. The van der Waals surface area contributed by atoms with Crippen LogP contribution < -0.4 is 5.73 Å². The number of hydrogen-bond donors (Lipinski definition) is 1. The first-order valence-electron chi connectivity index (χ1n) is 2.81. The van der Waals surface area contributed by atoms with E-state index >= 15 is 0 Å². The molecule has 0 spiro atoms. The Kier molecular flexibility index (Phi) is 4.50. The lowest BCUT2D eigenvalue weighted by atomic mass is 10.4. The van der Waals surface area contributed by atoms with Gasteiger partial charge >= 0.3 is 0 Å². The third kappa shape index (κ3) is 6.95. The molecule has 2 heteroatoms. The Bertz CT molecular complexity index is 139. The van der Waals surface area contributed by atoms with E-state index in [0.29, 0.717) is 0 Å². The number of nitrogens with zero attached hydrogens (tertiary/aromatic N) is 1. The lowest BCUT2D eigenvalue weighted by Gasteiger charge is -1.79. The first-order chi connectivity index (χ1) is 4.27. The molecule has 0 radical (unpaired) electrons. The molecular weight excluding hydrogens is 112 g/mol. The SMILES string of the molecule is CC(C)=C/N=C\C=C/N. The first kappa shape index (κ1) is 7.95. The lowest BCUT2D eigenvalue weighted by molar-refractivity contribution is 1.34. The van der Waals surface area contributed by atoms with Crippen LogP contribution in [0.15, 0.2) is 29.0 Å². The predicted octanol–water partition coefficient (Wildman–Crippen LogP) is 1.45. The second-order valence-corrected chi connectivity index (χ2v) is 1.89. The van der Waals surface area contributed by atoms with Gasteiger partial charge in [-0.3, -0.25) is 4.99 Å². The van der Waals surface area contributed by atoms with Gasteiger partial charge in [0.2, 0.25) is 0 Å². The zero-order valence-corrected chi connectivity index (χ0v) is 5.83. The molecule has 0 saturated carbocycles. The van der Waals surface area contributed by atoms with Gasteiger partial charge in [-0.2, -0.15) is 0 Å². The van der Waals surface area contributed by atoms with E-state index in [2.05, 4.69) is 4.99 Å². The fourth-order valence-electron chi connectivity index (χ4n) is 0.291. The molecule has 0 heterocycles. The second-order valence-electron chi connectivity index (χ2n) is 1.89. The van der Waals surface area contributed by atoms with Crippen LogP contribution in [0.2, 0.25) is 0 Å². The monoisotopic (exact) mass is 124 g/mol. The molecule has 0 aromatic rings. The van der Waals surface area contributed by atoms with E-state index < -0.39 is 0 Å². The average molecular weight is 124 g/mol. The summed E-state index contributed by atoms with van der Waals surface area (Å²) in [6, 6.07) is 0. The Balaban J connectivity index is 3.60. The van der Waals surface area contributed by atoms with Crippen molar-refractivity contribution in [2.24, 2.45) is 10.7 Å². The number of allylic oxidation sites excluding steroid dienone is 2. The van der Waals surface area contributed by atoms with Crippen LogP contribution in [0, 0.1) is 0 Å². The zero-order valence-electron chi connectivity index (χ0n) is 5.83. The van der Waals surface area contributed by atoms with Gasteiger partial charge in [-0.25, -0.2) is 0 Å². The van der Waals surface area contributed by atoms with Crippen LogP contribution in [0.4, 0.5) is 0 Å². The molecule has 0 saturated heterocycles. The van der Waals surface area contributed by atoms with Crippen LogP contribution >= 0.6 is 0 Å². The van der Waals surface area contributed by atoms with Crippen LogP contribution in [-0.4, -0.2) is 6.21 Å². The molecule has 2 N–H and O–H groups in total. The summed E-state index contributed by atoms with van der Waals surface area (Å²) in [5.41, 5.74) is 6.23. The fourth-order valence-corrected chi connectivity index (χ4v) is 0.291. The van der Waals surface area contributed by atoms with Crippen molar-refractivity contribution in [3.05, 3.63) is 24.0 Å². The van der Waals surface area contributed by atoms with E-state index in [1.165, 1.54) is 11.8 Å². The summed E-state index contributed by atoms with van der Waals surface area (Å²) in [6.45, 7) is 3.98. The molecule has 0 amide bonds. The number of hydrogen-bond acceptors (Lipinski definition) is 2. The van der Waals surface area contributed by atoms with Crippen LogP contribution in [0.3, 0.4) is 0 Å².